The smallest absolute Gasteiger partial charge is 0.422 e. The Balaban J connectivity index is 1.83. The predicted octanol–water partition coefficient (Wildman–Crippen LogP) is 2.69. The Morgan fingerprint density at radius 2 is 1.96 bits per heavy atom. The molecule has 2 amide bonds. The summed E-state index contributed by atoms with van der Waals surface area (Å²) in [5, 5.41) is 14.1. The Morgan fingerprint density at radius 3 is 2.56 bits per heavy atom. The summed E-state index contributed by atoms with van der Waals surface area (Å²) in [7, 11) is 0. The van der Waals surface area contributed by atoms with Gasteiger partial charge in [0.1, 0.15) is 5.75 Å². The Labute approximate surface area is 154 Å². The van der Waals surface area contributed by atoms with Crippen molar-refractivity contribution in [3.8, 4) is 5.75 Å². The zero-order valence-electron chi connectivity index (χ0n) is 14.8. The third-order valence-corrected chi connectivity index (χ3v) is 4.24. The highest BCUT2D eigenvalue weighted by atomic mass is 19.4. The Bertz CT molecular complexity index is 663. The minimum absolute atomic E-state index is 0.0516. The lowest BCUT2D eigenvalue weighted by Gasteiger charge is -2.42. The normalized spacial score (nSPS) is 19.3. The van der Waals surface area contributed by atoms with Crippen LogP contribution in [0.25, 0.3) is 0 Å². The second-order valence-corrected chi connectivity index (χ2v) is 6.28. The number of likely N-dealkylation sites (N-methyl/N-ethyl adjacent to an activating group) is 1. The van der Waals surface area contributed by atoms with Crippen LogP contribution >= 0.6 is 0 Å². The monoisotopic (exact) mass is 389 g/mol. The summed E-state index contributed by atoms with van der Waals surface area (Å²) < 4.78 is 41.6. The maximum absolute atomic E-state index is 12.3. The van der Waals surface area contributed by atoms with Gasteiger partial charge in [-0.2, -0.15) is 13.2 Å². The lowest BCUT2D eigenvalue weighted by atomic mass is 9.85. The van der Waals surface area contributed by atoms with Gasteiger partial charge in [-0.25, -0.2) is 4.79 Å². The number of nitrogens with one attached hydrogen (secondary N) is 2. The summed E-state index contributed by atoms with van der Waals surface area (Å²) in [6, 6.07) is 5.27. The van der Waals surface area contributed by atoms with Gasteiger partial charge in [-0.05, 0) is 31.5 Å². The molecule has 1 aliphatic rings. The van der Waals surface area contributed by atoms with Crippen molar-refractivity contribution >= 4 is 17.7 Å². The fourth-order valence-electron chi connectivity index (χ4n) is 2.88. The van der Waals surface area contributed by atoms with E-state index in [9.17, 15) is 22.8 Å². The van der Waals surface area contributed by atoms with Crippen molar-refractivity contribution in [3.05, 3.63) is 24.3 Å². The van der Waals surface area contributed by atoms with Gasteiger partial charge in [-0.15, -0.1) is 0 Å². The Morgan fingerprint density at radius 1 is 1.30 bits per heavy atom. The molecule has 0 unspecified atom stereocenters. The number of carboxylic acid groups (broad SMARTS) is 1. The molecule has 0 radical (unpaired) electrons. The first-order valence-corrected chi connectivity index (χ1v) is 8.50. The molecule has 7 nitrogen and oxygen atoms in total. The van der Waals surface area contributed by atoms with Crippen LogP contribution in [0.1, 0.15) is 19.8 Å². The number of nitrogens with zero attached hydrogens (tertiary/aromatic N) is 1. The van der Waals surface area contributed by atoms with Crippen LogP contribution in [0.5, 0.6) is 5.75 Å². The topological polar surface area (TPSA) is 90.9 Å². The highest BCUT2D eigenvalue weighted by molar-refractivity contribution is 5.91. The van der Waals surface area contributed by atoms with Crippen LogP contribution in [0.3, 0.4) is 0 Å². The molecular weight excluding hydrogens is 367 g/mol. The maximum Gasteiger partial charge on any atom is 0.422 e. The number of carbonyl (C=O) groups is 2. The summed E-state index contributed by atoms with van der Waals surface area (Å²) in [5.74, 6) is -0.975. The fourth-order valence-corrected chi connectivity index (χ4v) is 2.88. The zero-order valence-corrected chi connectivity index (χ0v) is 14.8. The minimum Gasteiger partial charge on any atom is -0.482 e. The first-order chi connectivity index (χ1) is 12.7. The number of carbonyl (C=O) groups excluding carboxylic acids is 1. The molecule has 0 aromatic heterocycles. The number of ether oxygens (including phenoxy) is 1. The van der Waals surface area contributed by atoms with Crippen molar-refractivity contribution in [2.75, 3.05) is 25.0 Å². The third-order valence-electron chi connectivity index (χ3n) is 4.24. The van der Waals surface area contributed by atoms with Gasteiger partial charge in [-0.3, -0.25) is 9.69 Å². The van der Waals surface area contributed by atoms with Gasteiger partial charge in [0, 0.05) is 12.1 Å². The number of aliphatic carboxylic acids is 1. The summed E-state index contributed by atoms with van der Waals surface area (Å²) in [4.78, 5) is 24.7. The van der Waals surface area contributed by atoms with Gasteiger partial charge in [-0.1, -0.05) is 19.1 Å². The fraction of sp³-hybridized carbons (Fsp3) is 0.529. The molecule has 27 heavy (non-hydrogen) atoms. The molecule has 1 aromatic rings. The largest absolute Gasteiger partial charge is 0.482 e. The van der Waals surface area contributed by atoms with Crippen molar-refractivity contribution in [1.82, 2.24) is 10.2 Å². The van der Waals surface area contributed by atoms with E-state index in [2.05, 4.69) is 10.6 Å². The summed E-state index contributed by atoms with van der Waals surface area (Å²) in [5.41, 5.74) is 0.135. The summed E-state index contributed by atoms with van der Waals surface area (Å²) >= 11 is 0. The molecule has 0 spiro atoms. The molecule has 1 saturated carbocycles. The van der Waals surface area contributed by atoms with Gasteiger partial charge < -0.3 is 20.5 Å². The molecular formula is C17H22F3N3O4. The number of hydrogen-bond acceptors (Lipinski definition) is 4. The Kier molecular flexibility index (Phi) is 6.89. The number of carboxylic acids is 1. The van der Waals surface area contributed by atoms with Crippen molar-refractivity contribution in [3.63, 3.8) is 0 Å². The molecule has 0 atom stereocenters. The van der Waals surface area contributed by atoms with E-state index in [0.717, 1.165) is 0 Å². The van der Waals surface area contributed by atoms with Crippen LogP contribution in [0, 0.1) is 0 Å². The number of anilines is 1. The molecule has 3 N–H and O–H groups in total. The third kappa shape index (κ3) is 6.63. The van der Waals surface area contributed by atoms with Crippen molar-refractivity contribution in [2.24, 2.45) is 0 Å². The molecule has 0 saturated heterocycles. The number of halogens is 3. The lowest BCUT2D eigenvalue weighted by Crippen LogP contribution is -2.55. The van der Waals surface area contributed by atoms with Crippen LogP contribution in [-0.2, 0) is 4.79 Å². The standard InChI is InChI=1S/C17H22F3N3O4/c1-2-23(9-15(24)25)12-7-11(8-12)21-16(26)22-13-5-3-4-6-14(13)27-10-17(18,19)20/h3-6,11-12H,2,7-10H2,1H3,(H,24,25)(H2,21,22,26). The quantitative estimate of drug-likeness (QED) is 0.636. The van der Waals surface area contributed by atoms with Crippen LogP contribution in [0.4, 0.5) is 23.7 Å². The van der Waals surface area contributed by atoms with E-state index in [0.29, 0.717) is 19.4 Å². The first kappa shape index (κ1) is 20.8. The molecule has 0 heterocycles. The van der Waals surface area contributed by atoms with E-state index in [1.54, 1.807) is 6.07 Å². The highest BCUT2D eigenvalue weighted by Crippen LogP contribution is 2.28. The molecule has 150 valence electrons. The van der Waals surface area contributed by atoms with Crippen molar-refractivity contribution < 1.29 is 32.6 Å². The average Bonchev–Trinajstić information content (AvgIpc) is 2.54. The molecule has 1 fully saturated rings. The number of hydrogen-bond donors (Lipinski definition) is 3. The van der Waals surface area contributed by atoms with E-state index >= 15 is 0 Å². The van der Waals surface area contributed by atoms with Gasteiger partial charge in [0.25, 0.3) is 0 Å². The van der Waals surface area contributed by atoms with Crippen LogP contribution in [-0.4, -0.2) is 60.0 Å². The van der Waals surface area contributed by atoms with Gasteiger partial charge >= 0.3 is 18.2 Å². The zero-order chi connectivity index (χ0) is 20.0. The van der Waals surface area contributed by atoms with Gasteiger partial charge in [0.15, 0.2) is 6.61 Å². The van der Waals surface area contributed by atoms with Crippen LogP contribution in [0.15, 0.2) is 24.3 Å². The Hall–Kier alpha value is -2.49. The number of urea groups is 1. The van der Waals surface area contributed by atoms with E-state index < -0.39 is 24.8 Å². The van der Waals surface area contributed by atoms with E-state index in [-0.39, 0.29) is 30.1 Å². The SMILES string of the molecule is CCN(CC(=O)O)C1CC(NC(=O)Nc2ccccc2OCC(F)(F)F)C1. The number of benzene rings is 1. The maximum atomic E-state index is 12.3. The molecule has 10 heteroatoms. The molecule has 0 aliphatic heterocycles. The number of para-hydroxylation sites is 2. The number of alkyl halides is 3. The second-order valence-electron chi connectivity index (χ2n) is 6.28. The van der Waals surface area contributed by atoms with E-state index in [1.165, 1.54) is 18.2 Å². The van der Waals surface area contributed by atoms with Crippen molar-refractivity contribution in [1.29, 1.82) is 0 Å². The highest BCUT2D eigenvalue weighted by Gasteiger charge is 2.34. The molecule has 1 aromatic carbocycles. The van der Waals surface area contributed by atoms with Crippen LogP contribution < -0.4 is 15.4 Å². The van der Waals surface area contributed by atoms with Gasteiger partial charge in [0.05, 0.1) is 12.2 Å². The number of amides is 2. The second kappa shape index (κ2) is 8.94. The average molecular weight is 389 g/mol. The number of rotatable bonds is 8. The first-order valence-electron chi connectivity index (χ1n) is 8.50. The van der Waals surface area contributed by atoms with E-state index in [1.807, 2.05) is 11.8 Å². The lowest BCUT2D eigenvalue weighted by molar-refractivity contribution is -0.153. The summed E-state index contributed by atoms with van der Waals surface area (Å²) in [6.07, 6.45) is -3.25. The predicted molar refractivity (Wildman–Crippen MR) is 91.8 cm³/mol. The summed E-state index contributed by atoms with van der Waals surface area (Å²) in [6.45, 7) is 0.964. The molecule has 1 aliphatic carbocycles. The molecule has 0 bridgehead atoms. The van der Waals surface area contributed by atoms with Crippen LogP contribution in [0.2, 0.25) is 0 Å². The van der Waals surface area contributed by atoms with E-state index in [4.69, 9.17) is 9.84 Å². The minimum atomic E-state index is -4.47. The van der Waals surface area contributed by atoms with Gasteiger partial charge in [0.2, 0.25) is 0 Å². The molecule has 2 rings (SSSR count). The van der Waals surface area contributed by atoms with Crippen molar-refractivity contribution in [2.45, 2.75) is 38.0 Å².